The quantitative estimate of drug-likeness (QED) is 0.691. The first-order chi connectivity index (χ1) is 8.06. The van der Waals surface area contributed by atoms with Crippen LogP contribution < -0.4 is 5.73 Å². The fraction of sp³-hybridized carbons (Fsp3) is 0.714. The van der Waals surface area contributed by atoms with E-state index >= 15 is 0 Å². The van der Waals surface area contributed by atoms with Gasteiger partial charge in [0.15, 0.2) is 0 Å². The van der Waals surface area contributed by atoms with Crippen molar-refractivity contribution in [3.63, 3.8) is 0 Å². The fourth-order valence-corrected chi connectivity index (χ4v) is 2.46. The molecule has 0 aliphatic heterocycles. The van der Waals surface area contributed by atoms with Gasteiger partial charge >= 0.3 is 0 Å². The molecular weight excluding hydrogens is 214 g/mol. The first-order valence-corrected chi connectivity index (χ1v) is 6.47. The van der Waals surface area contributed by atoms with E-state index in [-0.39, 0.29) is 23.5 Å². The lowest BCUT2D eigenvalue weighted by Crippen LogP contribution is -2.35. The molecule has 1 aliphatic rings. The highest BCUT2D eigenvalue weighted by molar-refractivity contribution is 5.86. The van der Waals surface area contributed by atoms with Gasteiger partial charge in [-0.2, -0.15) is 0 Å². The molecule has 2 atom stereocenters. The van der Waals surface area contributed by atoms with Crippen LogP contribution in [0.3, 0.4) is 0 Å². The van der Waals surface area contributed by atoms with Crippen molar-refractivity contribution >= 4 is 11.7 Å². The van der Waals surface area contributed by atoms with E-state index in [4.69, 9.17) is 5.73 Å². The van der Waals surface area contributed by atoms with Gasteiger partial charge in [-0.25, -0.2) is 0 Å². The smallest absolute Gasteiger partial charge is 0.221 e. The van der Waals surface area contributed by atoms with E-state index in [1.54, 1.807) is 6.92 Å². The number of allylic oxidation sites excluding steroid dienone is 2. The summed E-state index contributed by atoms with van der Waals surface area (Å²) < 4.78 is 0. The molecule has 3 heteroatoms. The van der Waals surface area contributed by atoms with Crippen LogP contribution in [0.4, 0.5) is 0 Å². The van der Waals surface area contributed by atoms with Crippen molar-refractivity contribution in [2.75, 3.05) is 0 Å². The molecule has 96 valence electrons. The third kappa shape index (κ3) is 3.99. The second kappa shape index (κ2) is 6.58. The van der Waals surface area contributed by atoms with Gasteiger partial charge in [-0.05, 0) is 32.6 Å². The lowest BCUT2D eigenvalue weighted by atomic mass is 9.73. The van der Waals surface area contributed by atoms with E-state index in [0.29, 0.717) is 12.3 Å². The Hall–Kier alpha value is -1.12. The minimum absolute atomic E-state index is 0.102. The Labute approximate surface area is 103 Å². The molecular formula is C14H23NO2. The van der Waals surface area contributed by atoms with Crippen molar-refractivity contribution < 1.29 is 9.59 Å². The molecule has 1 rings (SSSR count). The molecule has 0 unspecified atom stereocenters. The molecule has 1 saturated carbocycles. The number of ketones is 1. The van der Waals surface area contributed by atoms with Crippen LogP contribution in [0.1, 0.15) is 46.0 Å². The van der Waals surface area contributed by atoms with Crippen LogP contribution in [0.2, 0.25) is 0 Å². The molecule has 0 aromatic carbocycles. The van der Waals surface area contributed by atoms with E-state index in [2.05, 4.69) is 0 Å². The highest BCUT2D eigenvalue weighted by Crippen LogP contribution is 2.35. The first-order valence-electron chi connectivity index (χ1n) is 6.47. The fourth-order valence-electron chi connectivity index (χ4n) is 2.46. The molecule has 2 N–H and O–H groups in total. The summed E-state index contributed by atoms with van der Waals surface area (Å²) in [6.07, 6.45) is 8.88. The van der Waals surface area contributed by atoms with E-state index < -0.39 is 0 Å². The number of hydrogen-bond acceptors (Lipinski definition) is 2. The largest absolute Gasteiger partial charge is 0.369 e. The van der Waals surface area contributed by atoms with Crippen LogP contribution in [0, 0.1) is 17.8 Å². The number of nitrogens with two attached hydrogens (primary N) is 1. The Morgan fingerprint density at radius 1 is 1.35 bits per heavy atom. The second-order valence-electron chi connectivity index (χ2n) is 5.06. The summed E-state index contributed by atoms with van der Waals surface area (Å²) in [7, 11) is 0. The lowest BCUT2D eigenvalue weighted by molar-refractivity contribution is -0.131. The molecule has 0 saturated heterocycles. The van der Waals surface area contributed by atoms with Gasteiger partial charge in [0.2, 0.25) is 5.91 Å². The van der Waals surface area contributed by atoms with Crippen molar-refractivity contribution in [2.24, 2.45) is 23.5 Å². The number of carbonyl (C=O) groups is 2. The maximum Gasteiger partial charge on any atom is 0.221 e. The van der Waals surface area contributed by atoms with Gasteiger partial charge in [-0.1, -0.05) is 31.4 Å². The summed E-state index contributed by atoms with van der Waals surface area (Å²) in [6.45, 7) is 3.49. The molecule has 0 radical (unpaired) electrons. The number of Topliss-reactive ketones (excluding diaryl/α,β-unsaturated/α-hetero) is 1. The van der Waals surface area contributed by atoms with Crippen LogP contribution in [-0.2, 0) is 9.59 Å². The Kier molecular flexibility index (Phi) is 5.39. The zero-order valence-corrected chi connectivity index (χ0v) is 10.8. The third-order valence-corrected chi connectivity index (χ3v) is 3.81. The average Bonchev–Trinajstić information content (AvgIpc) is 2.19. The number of rotatable bonds is 7. The molecule has 0 spiro atoms. The van der Waals surface area contributed by atoms with Crippen molar-refractivity contribution in [3.05, 3.63) is 12.2 Å². The average molecular weight is 237 g/mol. The minimum atomic E-state index is -0.345. The summed E-state index contributed by atoms with van der Waals surface area (Å²) in [6, 6.07) is 0. The van der Waals surface area contributed by atoms with E-state index in [9.17, 15) is 9.59 Å². The van der Waals surface area contributed by atoms with Gasteiger partial charge in [0, 0.05) is 5.92 Å². The molecule has 1 amide bonds. The number of amides is 1. The molecule has 3 nitrogen and oxygen atoms in total. The van der Waals surface area contributed by atoms with Crippen LogP contribution in [-0.4, -0.2) is 11.7 Å². The Morgan fingerprint density at radius 3 is 2.35 bits per heavy atom. The van der Waals surface area contributed by atoms with Gasteiger partial charge in [0.1, 0.15) is 5.78 Å². The van der Waals surface area contributed by atoms with Crippen molar-refractivity contribution in [1.82, 2.24) is 0 Å². The second-order valence-corrected chi connectivity index (χ2v) is 5.06. The zero-order valence-electron chi connectivity index (χ0n) is 10.8. The highest BCUT2D eigenvalue weighted by Gasteiger charge is 2.32. The molecule has 0 aromatic heterocycles. The van der Waals surface area contributed by atoms with Gasteiger partial charge in [0.05, 0.1) is 5.92 Å². The molecule has 0 aromatic rings. The van der Waals surface area contributed by atoms with E-state index in [1.807, 2.05) is 19.1 Å². The van der Waals surface area contributed by atoms with Gasteiger partial charge in [-0.3, -0.25) is 9.59 Å². The maximum absolute atomic E-state index is 11.7. The van der Waals surface area contributed by atoms with Crippen LogP contribution in [0.5, 0.6) is 0 Å². The van der Waals surface area contributed by atoms with Crippen molar-refractivity contribution in [1.29, 1.82) is 0 Å². The molecule has 1 aliphatic carbocycles. The lowest BCUT2D eigenvalue weighted by Gasteiger charge is -2.31. The zero-order chi connectivity index (χ0) is 12.8. The monoisotopic (exact) mass is 237 g/mol. The number of primary amides is 1. The molecule has 0 bridgehead atoms. The molecule has 1 fully saturated rings. The first kappa shape index (κ1) is 13.9. The van der Waals surface area contributed by atoms with Crippen LogP contribution in [0.25, 0.3) is 0 Å². The Morgan fingerprint density at radius 2 is 2.00 bits per heavy atom. The third-order valence-electron chi connectivity index (χ3n) is 3.81. The normalized spacial score (nSPS) is 19.9. The highest BCUT2D eigenvalue weighted by atomic mass is 16.1. The predicted molar refractivity (Wildman–Crippen MR) is 68.2 cm³/mol. The number of hydrogen-bond donors (Lipinski definition) is 1. The number of carbonyl (C=O) groups excluding carboxylic acids is 2. The van der Waals surface area contributed by atoms with E-state index in [0.717, 1.165) is 6.42 Å². The summed E-state index contributed by atoms with van der Waals surface area (Å²) in [5.74, 6) is -0.137. The summed E-state index contributed by atoms with van der Waals surface area (Å²) in [5.41, 5.74) is 5.43. The van der Waals surface area contributed by atoms with Gasteiger partial charge in [0.25, 0.3) is 0 Å². The van der Waals surface area contributed by atoms with Crippen molar-refractivity contribution in [3.8, 4) is 0 Å². The topological polar surface area (TPSA) is 60.2 Å². The van der Waals surface area contributed by atoms with Gasteiger partial charge < -0.3 is 5.73 Å². The Bertz CT molecular complexity index is 305. The standard InChI is InChI=1S/C14H23NO2/c1-3-4-8-12(14(15)17)13(10(2)16)9-11-6-5-7-11/h3-4,11-13H,5-9H2,1-2H3,(H2,15,17)/b4-3+/t12-,13-/m0/s1. The van der Waals surface area contributed by atoms with E-state index in [1.165, 1.54) is 19.3 Å². The molecule has 17 heavy (non-hydrogen) atoms. The minimum Gasteiger partial charge on any atom is -0.369 e. The van der Waals surface area contributed by atoms with Gasteiger partial charge in [-0.15, -0.1) is 0 Å². The van der Waals surface area contributed by atoms with Crippen LogP contribution in [0.15, 0.2) is 12.2 Å². The predicted octanol–water partition coefficient (Wildman–Crippen LogP) is 2.45. The summed E-state index contributed by atoms with van der Waals surface area (Å²) in [5, 5.41) is 0. The van der Waals surface area contributed by atoms with Crippen LogP contribution >= 0.6 is 0 Å². The Balaban J connectivity index is 2.68. The summed E-state index contributed by atoms with van der Waals surface area (Å²) in [4.78, 5) is 23.2. The molecule has 0 heterocycles. The SMILES string of the molecule is C/C=C/C[C@H](C(N)=O)[C@@H](CC1CCC1)C(C)=O. The van der Waals surface area contributed by atoms with Crippen molar-refractivity contribution in [2.45, 2.75) is 46.0 Å². The maximum atomic E-state index is 11.7. The summed E-state index contributed by atoms with van der Waals surface area (Å²) >= 11 is 0.